The molecule has 0 spiro atoms. The van der Waals surface area contributed by atoms with Gasteiger partial charge in [0.15, 0.2) is 6.79 Å². The van der Waals surface area contributed by atoms with Crippen LogP contribution in [0.5, 0.6) is 11.5 Å². The first kappa shape index (κ1) is 21.3. The number of aromatic nitrogens is 1. The molecule has 1 aromatic heterocycles. The molecule has 0 atom stereocenters. The zero-order chi connectivity index (χ0) is 20.8. The second-order valence-corrected chi connectivity index (χ2v) is 8.05. The number of amides is 1. The minimum absolute atomic E-state index is 0.199. The highest BCUT2D eigenvalue weighted by atomic mass is 79.9. The molecule has 0 aliphatic rings. The average molecular weight is 477 g/mol. The van der Waals surface area contributed by atoms with Gasteiger partial charge in [-0.3, -0.25) is 0 Å². The van der Waals surface area contributed by atoms with Crippen LogP contribution in [0.15, 0.2) is 34.8 Å². The molecule has 6 nitrogen and oxygen atoms in total. The predicted octanol–water partition coefficient (Wildman–Crippen LogP) is 5.63. The molecule has 0 saturated carbocycles. The number of carbonyl (C=O) groups excluding carboxylic acids is 1. The Bertz CT molecular complexity index is 1050. The van der Waals surface area contributed by atoms with Crippen LogP contribution in [0.4, 0.5) is 4.79 Å². The number of thiazole rings is 1. The zero-order valence-electron chi connectivity index (χ0n) is 16.3. The monoisotopic (exact) mass is 476 g/mol. The average Bonchev–Trinajstić information content (AvgIpc) is 3.07. The summed E-state index contributed by atoms with van der Waals surface area (Å²) in [4.78, 5) is 16.3. The molecule has 0 radical (unpaired) electrons. The van der Waals surface area contributed by atoms with Crippen LogP contribution in [0, 0.1) is 6.92 Å². The van der Waals surface area contributed by atoms with Gasteiger partial charge in [-0.2, -0.15) is 0 Å². The van der Waals surface area contributed by atoms with Crippen LogP contribution < -0.4 is 14.8 Å². The van der Waals surface area contributed by atoms with E-state index in [-0.39, 0.29) is 6.79 Å². The van der Waals surface area contributed by atoms with E-state index in [1.807, 2.05) is 56.3 Å². The van der Waals surface area contributed by atoms with E-state index in [9.17, 15) is 4.79 Å². The number of rotatable bonds is 7. The molecule has 8 heteroatoms. The first-order valence-corrected chi connectivity index (χ1v) is 10.6. The fraction of sp³-hybridized carbons (Fsp3) is 0.238. The fourth-order valence-corrected chi connectivity index (χ4v) is 3.96. The van der Waals surface area contributed by atoms with Crippen molar-refractivity contribution in [2.75, 3.05) is 20.4 Å². The molecule has 0 saturated heterocycles. The highest BCUT2D eigenvalue weighted by molar-refractivity contribution is 9.10. The molecule has 0 aliphatic carbocycles. The minimum Gasteiger partial charge on any atom is -0.466 e. The third-order valence-corrected chi connectivity index (χ3v) is 5.54. The van der Waals surface area contributed by atoms with Crippen molar-refractivity contribution in [3.63, 3.8) is 0 Å². The van der Waals surface area contributed by atoms with Crippen molar-refractivity contribution >= 4 is 55.7 Å². The smallest absolute Gasteiger partial charge is 0.412 e. The summed E-state index contributed by atoms with van der Waals surface area (Å²) in [5.74, 6) is 1.26. The van der Waals surface area contributed by atoms with E-state index in [0.29, 0.717) is 12.3 Å². The van der Waals surface area contributed by atoms with Gasteiger partial charge in [-0.1, -0.05) is 12.1 Å². The summed E-state index contributed by atoms with van der Waals surface area (Å²) in [5.41, 5.74) is 2.75. The second kappa shape index (κ2) is 9.87. The van der Waals surface area contributed by atoms with Crippen LogP contribution in [0.2, 0.25) is 0 Å². The molecule has 1 heterocycles. The van der Waals surface area contributed by atoms with Gasteiger partial charge in [0.25, 0.3) is 0 Å². The Labute approximate surface area is 181 Å². The zero-order valence-corrected chi connectivity index (χ0v) is 18.7. The van der Waals surface area contributed by atoms with Gasteiger partial charge in [0.1, 0.15) is 16.5 Å². The molecule has 1 amide bonds. The Balaban J connectivity index is 1.78. The van der Waals surface area contributed by atoms with E-state index in [4.69, 9.17) is 14.2 Å². The van der Waals surface area contributed by atoms with Crippen LogP contribution in [0.1, 0.15) is 23.1 Å². The lowest BCUT2D eigenvalue weighted by Gasteiger charge is -2.07. The third kappa shape index (κ3) is 5.56. The molecule has 0 fully saturated rings. The Morgan fingerprint density at radius 2 is 2.07 bits per heavy atom. The van der Waals surface area contributed by atoms with Gasteiger partial charge < -0.3 is 19.5 Å². The number of hydrogen-bond donors (Lipinski definition) is 1. The number of nitrogens with one attached hydrogen (secondary N) is 1. The normalized spacial score (nSPS) is 11.2. The van der Waals surface area contributed by atoms with Crippen LogP contribution in [0.3, 0.4) is 0 Å². The Morgan fingerprint density at radius 1 is 1.24 bits per heavy atom. The number of carbonyl (C=O) groups is 1. The Morgan fingerprint density at radius 3 is 2.79 bits per heavy atom. The number of hydrogen-bond acceptors (Lipinski definition) is 6. The van der Waals surface area contributed by atoms with Gasteiger partial charge in [-0.25, -0.2) is 9.78 Å². The number of aryl methyl sites for hydroxylation is 1. The van der Waals surface area contributed by atoms with Gasteiger partial charge in [0, 0.05) is 19.7 Å². The summed E-state index contributed by atoms with van der Waals surface area (Å²) in [6.45, 7) is 4.46. The first-order valence-electron chi connectivity index (χ1n) is 8.96. The number of halogens is 1. The van der Waals surface area contributed by atoms with Crippen molar-refractivity contribution in [3.8, 4) is 11.5 Å². The van der Waals surface area contributed by atoms with E-state index in [1.54, 1.807) is 7.11 Å². The third-order valence-electron chi connectivity index (χ3n) is 3.93. The molecule has 0 aliphatic heterocycles. The minimum atomic E-state index is -0.455. The molecule has 0 bridgehead atoms. The van der Waals surface area contributed by atoms with Gasteiger partial charge >= 0.3 is 6.09 Å². The highest BCUT2D eigenvalue weighted by Gasteiger charge is 2.10. The highest BCUT2D eigenvalue weighted by Crippen LogP contribution is 2.31. The van der Waals surface area contributed by atoms with Gasteiger partial charge in [0.05, 0.1) is 14.7 Å². The summed E-state index contributed by atoms with van der Waals surface area (Å²) in [7, 11) is 1.58. The molecular formula is C21H21BrN2O4S. The molecule has 152 valence electrons. The maximum Gasteiger partial charge on any atom is 0.412 e. The number of ether oxygens (including phenoxy) is 3. The van der Waals surface area contributed by atoms with E-state index in [0.717, 1.165) is 36.6 Å². The van der Waals surface area contributed by atoms with Crippen LogP contribution in [-0.4, -0.2) is 31.5 Å². The maximum absolute atomic E-state index is 11.7. The lowest BCUT2D eigenvalue weighted by Crippen LogP contribution is -2.26. The molecule has 0 unspecified atom stereocenters. The second-order valence-electron chi connectivity index (χ2n) is 6.13. The summed E-state index contributed by atoms with van der Waals surface area (Å²) in [6, 6.07) is 9.60. The lowest BCUT2D eigenvalue weighted by atomic mass is 10.2. The number of nitrogens with zero attached hydrogens (tertiary/aromatic N) is 1. The van der Waals surface area contributed by atoms with Crippen LogP contribution in [-0.2, 0) is 4.74 Å². The molecule has 3 aromatic rings. The van der Waals surface area contributed by atoms with E-state index in [2.05, 4.69) is 26.2 Å². The molecule has 1 N–H and O–H groups in total. The van der Waals surface area contributed by atoms with Crippen molar-refractivity contribution in [3.05, 3.63) is 50.9 Å². The lowest BCUT2D eigenvalue weighted by molar-refractivity contribution is 0.0506. The first-order chi connectivity index (χ1) is 14.0. The predicted molar refractivity (Wildman–Crippen MR) is 120 cm³/mol. The van der Waals surface area contributed by atoms with Crippen LogP contribution >= 0.6 is 27.3 Å². The van der Waals surface area contributed by atoms with Crippen molar-refractivity contribution in [2.45, 2.75) is 13.8 Å². The number of fused-ring (bicyclic) bond motifs is 1. The SMILES string of the molecule is CCNC(=O)Oc1cc2sc(C=Cc3ccc(OCOC)c(Br)c3)nc2cc1C. The fourth-order valence-electron chi connectivity index (χ4n) is 2.57. The summed E-state index contributed by atoms with van der Waals surface area (Å²) in [6.07, 6.45) is 3.49. The quantitative estimate of drug-likeness (QED) is 0.447. The van der Waals surface area contributed by atoms with E-state index >= 15 is 0 Å². The number of benzene rings is 2. The molecule has 29 heavy (non-hydrogen) atoms. The summed E-state index contributed by atoms with van der Waals surface area (Å²) in [5, 5.41) is 3.49. The summed E-state index contributed by atoms with van der Waals surface area (Å²) < 4.78 is 17.6. The Kier molecular flexibility index (Phi) is 7.24. The van der Waals surface area contributed by atoms with Crippen molar-refractivity contribution < 1.29 is 19.0 Å². The standard InChI is InChI=1S/C21H21BrN2O4S/c1-4-23-21(25)28-18-11-19-16(9-13(18)2)24-20(29-19)8-6-14-5-7-17(15(22)10-14)27-12-26-3/h5-11H,4,12H2,1-3H3,(H,23,25). The molecule has 2 aromatic carbocycles. The number of methoxy groups -OCH3 is 1. The van der Waals surface area contributed by atoms with Gasteiger partial charge in [0.2, 0.25) is 0 Å². The maximum atomic E-state index is 11.7. The van der Waals surface area contributed by atoms with E-state index in [1.165, 1.54) is 11.3 Å². The van der Waals surface area contributed by atoms with E-state index < -0.39 is 6.09 Å². The van der Waals surface area contributed by atoms with Crippen molar-refractivity contribution in [2.24, 2.45) is 0 Å². The largest absolute Gasteiger partial charge is 0.466 e. The van der Waals surface area contributed by atoms with Crippen molar-refractivity contribution in [1.82, 2.24) is 10.3 Å². The van der Waals surface area contributed by atoms with Crippen LogP contribution in [0.25, 0.3) is 22.4 Å². The topological polar surface area (TPSA) is 69.7 Å². The van der Waals surface area contributed by atoms with Crippen molar-refractivity contribution in [1.29, 1.82) is 0 Å². The van der Waals surface area contributed by atoms with Gasteiger partial charge in [-0.15, -0.1) is 11.3 Å². The molecule has 3 rings (SSSR count). The van der Waals surface area contributed by atoms with Gasteiger partial charge in [-0.05, 0) is 65.2 Å². The Hall–Kier alpha value is -2.42. The molecular weight excluding hydrogens is 456 g/mol. The summed E-state index contributed by atoms with van der Waals surface area (Å²) >= 11 is 5.04.